The van der Waals surface area contributed by atoms with Crippen molar-refractivity contribution >= 4 is 41.0 Å². The Labute approximate surface area is 158 Å². The zero-order valence-corrected chi connectivity index (χ0v) is 14.9. The summed E-state index contributed by atoms with van der Waals surface area (Å²) < 4.78 is 5.16. The number of phenolic OH excluding ortho intramolecular Hbond substituents is 1. The van der Waals surface area contributed by atoms with Gasteiger partial charge in [-0.2, -0.15) is 5.10 Å². The molecule has 2 rings (SSSR count). The molecule has 0 bridgehead atoms. The van der Waals surface area contributed by atoms with E-state index >= 15 is 0 Å². The molecule has 0 aliphatic carbocycles. The van der Waals surface area contributed by atoms with Crippen molar-refractivity contribution in [1.82, 2.24) is 5.43 Å². The second-order valence-electron chi connectivity index (χ2n) is 5.14. The highest BCUT2D eigenvalue weighted by atomic mass is 35.5. The number of rotatable bonds is 6. The lowest BCUT2D eigenvalue weighted by molar-refractivity contribution is -0.385. The van der Waals surface area contributed by atoms with E-state index in [1.54, 1.807) is 13.0 Å². The Hall–Kier alpha value is -2.84. The van der Waals surface area contributed by atoms with Gasteiger partial charge in [-0.3, -0.25) is 14.9 Å². The first-order valence-corrected chi connectivity index (χ1v) is 7.91. The maximum absolute atomic E-state index is 11.7. The Morgan fingerprint density at radius 3 is 2.81 bits per heavy atom. The maximum atomic E-state index is 11.7. The fraction of sp³-hybridized carbons (Fsp3) is 0.125. The molecule has 0 saturated carbocycles. The number of aromatic hydroxyl groups is 1. The van der Waals surface area contributed by atoms with E-state index in [-0.39, 0.29) is 32.8 Å². The summed E-state index contributed by atoms with van der Waals surface area (Å²) in [7, 11) is 0. The van der Waals surface area contributed by atoms with Gasteiger partial charge >= 0.3 is 5.69 Å². The number of phenols is 1. The molecule has 0 spiro atoms. The number of nitro groups is 1. The Morgan fingerprint density at radius 1 is 1.38 bits per heavy atom. The minimum Gasteiger partial charge on any atom is -0.506 e. The van der Waals surface area contributed by atoms with Crippen molar-refractivity contribution in [2.75, 3.05) is 6.61 Å². The molecule has 26 heavy (non-hydrogen) atoms. The first kappa shape index (κ1) is 19.5. The molecule has 0 heterocycles. The zero-order valence-electron chi connectivity index (χ0n) is 13.4. The molecule has 0 aromatic heterocycles. The maximum Gasteiger partial charge on any atom is 0.311 e. The normalized spacial score (nSPS) is 10.7. The van der Waals surface area contributed by atoms with Crippen molar-refractivity contribution in [2.24, 2.45) is 5.10 Å². The first-order chi connectivity index (χ1) is 12.3. The number of nitro benzene ring substituents is 1. The van der Waals surface area contributed by atoms with Crippen LogP contribution in [0.2, 0.25) is 10.0 Å². The van der Waals surface area contributed by atoms with Gasteiger partial charge in [-0.15, -0.1) is 0 Å². The summed E-state index contributed by atoms with van der Waals surface area (Å²) in [5.74, 6) is -0.914. The Morgan fingerprint density at radius 2 is 2.12 bits per heavy atom. The van der Waals surface area contributed by atoms with Crippen LogP contribution in [0.5, 0.6) is 11.5 Å². The van der Waals surface area contributed by atoms with Gasteiger partial charge in [0, 0.05) is 16.7 Å². The number of hydrogen-bond donors (Lipinski definition) is 2. The monoisotopic (exact) mass is 397 g/mol. The molecule has 2 aromatic rings. The molecule has 2 aromatic carbocycles. The van der Waals surface area contributed by atoms with Gasteiger partial charge < -0.3 is 9.84 Å². The fourth-order valence-electron chi connectivity index (χ4n) is 1.93. The second-order valence-corrected chi connectivity index (χ2v) is 5.98. The fourth-order valence-corrected chi connectivity index (χ4v) is 2.43. The molecule has 10 heteroatoms. The lowest BCUT2D eigenvalue weighted by atomic mass is 10.2. The predicted octanol–water partition coefficient (Wildman–Crippen LogP) is 3.44. The van der Waals surface area contributed by atoms with Gasteiger partial charge in [-0.25, -0.2) is 5.43 Å². The number of nitrogens with zero attached hydrogens (tertiary/aromatic N) is 2. The van der Waals surface area contributed by atoms with Gasteiger partial charge in [0.05, 0.1) is 16.2 Å². The molecule has 8 nitrogen and oxygen atoms in total. The lowest BCUT2D eigenvalue weighted by Crippen LogP contribution is -2.24. The van der Waals surface area contributed by atoms with E-state index in [1.165, 1.54) is 24.3 Å². The number of carbonyl (C=O) groups is 1. The predicted molar refractivity (Wildman–Crippen MR) is 97.2 cm³/mol. The van der Waals surface area contributed by atoms with Crippen molar-refractivity contribution in [3.8, 4) is 11.5 Å². The summed E-state index contributed by atoms with van der Waals surface area (Å²) in [6, 6.07) is 7.15. The van der Waals surface area contributed by atoms with Gasteiger partial charge in [0.2, 0.25) is 0 Å². The Bertz CT molecular complexity index is 886. The van der Waals surface area contributed by atoms with Crippen LogP contribution in [-0.4, -0.2) is 28.8 Å². The molecule has 1 amide bonds. The van der Waals surface area contributed by atoms with E-state index in [2.05, 4.69) is 10.5 Å². The molecular weight excluding hydrogens is 385 g/mol. The van der Waals surface area contributed by atoms with Crippen molar-refractivity contribution in [3.63, 3.8) is 0 Å². The van der Waals surface area contributed by atoms with Crippen LogP contribution in [-0.2, 0) is 4.79 Å². The summed E-state index contributed by atoms with van der Waals surface area (Å²) >= 11 is 11.6. The quantitative estimate of drug-likeness (QED) is 0.440. The SMILES string of the molecule is Cc1ccc(OCC(=O)NN=Cc2cc(Cl)cc(Cl)c2O)c([N+](=O)[O-])c1. The van der Waals surface area contributed by atoms with Gasteiger partial charge in [-0.05, 0) is 30.7 Å². The largest absolute Gasteiger partial charge is 0.506 e. The minimum atomic E-state index is -0.649. The summed E-state index contributed by atoms with van der Waals surface area (Å²) in [5, 5.41) is 24.7. The summed E-state index contributed by atoms with van der Waals surface area (Å²) in [5.41, 5.74) is 2.83. The van der Waals surface area contributed by atoms with Crippen LogP contribution >= 0.6 is 23.2 Å². The summed E-state index contributed by atoms with van der Waals surface area (Å²) in [4.78, 5) is 22.1. The number of hydrogen-bond acceptors (Lipinski definition) is 6. The zero-order chi connectivity index (χ0) is 19.3. The number of amides is 1. The smallest absolute Gasteiger partial charge is 0.311 e. The number of hydrazone groups is 1. The molecule has 0 aliphatic rings. The van der Waals surface area contributed by atoms with Crippen LogP contribution in [0, 0.1) is 17.0 Å². The Kier molecular flexibility index (Phi) is 6.37. The van der Waals surface area contributed by atoms with Crippen molar-refractivity contribution in [2.45, 2.75) is 6.92 Å². The second kappa shape index (κ2) is 8.50. The third kappa shape index (κ3) is 5.08. The minimum absolute atomic E-state index is 0.0287. The third-order valence-corrected chi connectivity index (χ3v) is 3.63. The van der Waals surface area contributed by atoms with Crippen LogP contribution in [0.3, 0.4) is 0 Å². The first-order valence-electron chi connectivity index (χ1n) is 7.15. The summed E-state index contributed by atoms with van der Waals surface area (Å²) in [6.07, 6.45) is 1.15. The van der Waals surface area contributed by atoms with Crippen LogP contribution in [0.25, 0.3) is 0 Å². The molecule has 136 valence electrons. The number of aryl methyl sites for hydroxylation is 1. The van der Waals surface area contributed by atoms with E-state index < -0.39 is 17.4 Å². The molecule has 0 atom stereocenters. The highest BCUT2D eigenvalue weighted by Crippen LogP contribution is 2.30. The lowest BCUT2D eigenvalue weighted by Gasteiger charge is -2.06. The molecule has 2 N–H and O–H groups in total. The number of carbonyl (C=O) groups excluding carboxylic acids is 1. The highest BCUT2D eigenvalue weighted by molar-refractivity contribution is 6.36. The van der Waals surface area contributed by atoms with Crippen molar-refractivity contribution in [1.29, 1.82) is 0 Å². The van der Waals surface area contributed by atoms with Gasteiger partial charge in [0.25, 0.3) is 5.91 Å². The van der Waals surface area contributed by atoms with Crippen LogP contribution in [0.15, 0.2) is 35.4 Å². The number of benzene rings is 2. The summed E-state index contributed by atoms with van der Waals surface area (Å²) in [6.45, 7) is 1.22. The van der Waals surface area contributed by atoms with E-state index in [9.17, 15) is 20.0 Å². The number of halogens is 2. The van der Waals surface area contributed by atoms with E-state index in [0.717, 1.165) is 6.21 Å². The topological polar surface area (TPSA) is 114 Å². The third-order valence-electron chi connectivity index (χ3n) is 3.12. The molecule has 0 unspecified atom stereocenters. The molecule has 0 aliphatic heterocycles. The van der Waals surface area contributed by atoms with Gasteiger partial charge in [0.1, 0.15) is 5.75 Å². The average molecular weight is 398 g/mol. The standard InChI is InChI=1S/C16H13Cl2N3O5/c1-9-2-3-14(13(4-9)21(24)25)26-8-15(22)20-19-7-10-5-11(17)6-12(18)16(10)23/h2-7,23H,8H2,1H3,(H,20,22). The van der Waals surface area contributed by atoms with Crippen molar-refractivity contribution in [3.05, 3.63) is 61.6 Å². The van der Waals surface area contributed by atoms with Gasteiger partial charge in [0.15, 0.2) is 12.4 Å². The van der Waals surface area contributed by atoms with Crippen LogP contribution in [0.1, 0.15) is 11.1 Å². The van der Waals surface area contributed by atoms with E-state index in [0.29, 0.717) is 5.56 Å². The molecule has 0 fully saturated rings. The van der Waals surface area contributed by atoms with Gasteiger partial charge in [-0.1, -0.05) is 29.3 Å². The highest BCUT2D eigenvalue weighted by Gasteiger charge is 2.16. The molecule has 0 radical (unpaired) electrons. The number of nitrogens with one attached hydrogen (secondary N) is 1. The van der Waals surface area contributed by atoms with E-state index in [1.807, 2.05) is 0 Å². The molecule has 0 saturated heterocycles. The Balaban J connectivity index is 1.97. The average Bonchev–Trinajstić information content (AvgIpc) is 2.57. The van der Waals surface area contributed by atoms with Crippen LogP contribution in [0.4, 0.5) is 5.69 Å². The number of ether oxygens (including phenoxy) is 1. The van der Waals surface area contributed by atoms with Crippen molar-refractivity contribution < 1.29 is 19.6 Å². The molecular formula is C16H13Cl2N3O5. The van der Waals surface area contributed by atoms with E-state index in [4.69, 9.17) is 27.9 Å². The van der Waals surface area contributed by atoms with Crippen LogP contribution < -0.4 is 10.2 Å².